The zero-order valence-electron chi connectivity index (χ0n) is 18.2. The zero-order chi connectivity index (χ0) is 26.9. The van der Waals surface area contributed by atoms with E-state index in [1.165, 1.54) is 36.4 Å². The smallest absolute Gasteiger partial charge is 0.493 e. The molecule has 0 aromatic heterocycles. The minimum Gasteiger partial charge on any atom is -0.493 e. The SMILES string of the molecule is O=C(NCCO)C(NC(=O)c1ccc(OCCC(F)(F)F)cc1)=C(I)c1ccc(OC(F)(F)F)cc1. The maximum Gasteiger partial charge on any atom is 0.573 e. The summed E-state index contributed by atoms with van der Waals surface area (Å²) in [6.45, 7) is -1.12. The summed E-state index contributed by atoms with van der Waals surface area (Å²) in [6, 6.07) is 9.68. The van der Waals surface area contributed by atoms with Gasteiger partial charge in [0.15, 0.2) is 0 Å². The van der Waals surface area contributed by atoms with Crippen LogP contribution in [0, 0.1) is 0 Å². The summed E-state index contributed by atoms with van der Waals surface area (Å²) in [5.41, 5.74) is 0.0841. The number of carbonyl (C=O) groups is 2. The van der Waals surface area contributed by atoms with Crippen LogP contribution in [0.25, 0.3) is 3.58 Å². The third kappa shape index (κ3) is 9.93. The van der Waals surface area contributed by atoms with E-state index in [4.69, 9.17) is 9.84 Å². The van der Waals surface area contributed by atoms with Crippen LogP contribution in [0.1, 0.15) is 22.3 Å². The van der Waals surface area contributed by atoms with Crippen LogP contribution >= 0.6 is 22.6 Å². The van der Waals surface area contributed by atoms with Crippen molar-refractivity contribution >= 4 is 38.0 Å². The fourth-order valence-electron chi connectivity index (χ4n) is 2.59. The highest BCUT2D eigenvalue weighted by Gasteiger charge is 2.31. The number of ether oxygens (including phenoxy) is 2. The number of aliphatic hydroxyl groups is 1. The van der Waals surface area contributed by atoms with Crippen LogP contribution in [0.3, 0.4) is 0 Å². The molecule has 0 atom stereocenters. The molecule has 2 rings (SSSR count). The molecule has 36 heavy (non-hydrogen) atoms. The standard InChI is InChI=1S/C22H19F6IN2O5/c23-21(24,25)9-12-35-15-5-3-14(4-6-15)19(33)31-18(20(34)30-10-11-32)17(29)13-1-7-16(8-2-13)36-22(26,27)28/h1-8,32H,9-12H2,(H,30,34)(H,31,33). The van der Waals surface area contributed by atoms with Gasteiger partial charge >= 0.3 is 12.5 Å². The van der Waals surface area contributed by atoms with E-state index < -0.39 is 43.1 Å². The first-order valence-electron chi connectivity index (χ1n) is 10.0. The highest BCUT2D eigenvalue weighted by molar-refractivity contribution is 14.1. The van der Waals surface area contributed by atoms with Crippen LogP contribution in [-0.4, -0.2) is 49.2 Å². The van der Waals surface area contributed by atoms with E-state index in [0.29, 0.717) is 0 Å². The molecular weight excluding hydrogens is 613 g/mol. The lowest BCUT2D eigenvalue weighted by Crippen LogP contribution is -2.36. The Bertz CT molecular complexity index is 1070. The van der Waals surface area contributed by atoms with Crippen molar-refractivity contribution in [1.29, 1.82) is 0 Å². The molecule has 7 nitrogen and oxygen atoms in total. The van der Waals surface area contributed by atoms with Gasteiger partial charge in [0.2, 0.25) is 0 Å². The molecule has 0 unspecified atom stereocenters. The quantitative estimate of drug-likeness (QED) is 0.203. The van der Waals surface area contributed by atoms with Crippen molar-refractivity contribution in [3.05, 3.63) is 65.4 Å². The number of halogens is 7. The van der Waals surface area contributed by atoms with Gasteiger partial charge < -0.3 is 25.2 Å². The minimum atomic E-state index is -4.88. The Labute approximate surface area is 214 Å². The molecule has 0 saturated carbocycles. The average molecular weight is 632 g/mol. The van der Waals surface area contributed by atoms with E-state index in [1.54, 1.807) is 22.6 Å². The lowest BCUT2D eigenvalue weighted by molar-refractivity contribution is -0.274. The molecule has 0 fully saturated rings. The van der Waals surface area contributed by atoms with Crippen molar-refractivity contribution in [2.45, 2.75) is 19.0 Å². The lowest BCUT2D eigenvalue weighted by Gasteiger charge is -2.14. The first kappa shape index (κ1) is 29.2. The van der Waals surface area contributed by atoms with Crippen LogP contribution in [0.2, 0.25) is 0 Å². The molecule has 2 aromatic rings. The number of amides is 2. The number of nitrogens with one attached hydrogen (secondary N) is 2. The zero-order valence-corrected chi connectivity index (χ0v) is 20.3. The monoisotopic (exact) mass is 632 g/mol. The van der Waals surface area contributed by atoms with Crippen molar-refractivity contribution < 1.29 is 50.5 Å². The molecule has 0 heterocycles. The largest absolute Gasteiger partial charge is 0.573 e. The van der Waals surface area contributed by atoms with Crippen LogP contribution in [0.4, 0.5) is 26.3 Å². The number of rotatable bonds is 10. The Morgan fingerprint density at radius 1 is 0.889 bits per heavy atom. The van der Waals surface area contributed by atoms with Crippen LogP contribution in [0.15, 0.2) is 54.2 Å². The third-order valence-corrected chi connectivity index (χ3v) is 5.36. The second-order valence-electron chi connectivity index (χ2n) is 6.93. The van der Waals surface area contributed by atoms with Gasteiger partial charge in [0.05, 0.1) is 19.6 Å². The minimum absolute atomic E-state index is 0.0451. The van der Waals surface area contributed by atoms with Gasteiger partial charge in [-0.1, -0.05) is 12.1 Å². The van der Waals surface area contributed by atoms with E-state index in [9.17, 15) is 35.9 Å². The second kappa shape index (κ2) is 12.8. The predicted octanol–water partition coefficient (Wildman–Crippen LogP) is 4.56. The van der Waals surface area contributed by atoms with Gasteiger partial charge in [-0.05, 0) is 64.6 Å². The van der Waals surface area contributed by atoms with E-state index in [-0.39, 0.29) is 39.3 Å². The van der Waals surface area contributed by atoms with Gasteiger partial charge in [0.1, 0.15) is 17.2 Å². The third-order valence-electron chi connectivity index (χ3n) is 4.19. The molecule has 3 N–H and O–H groups in total. The molecule has 0 aliphatic heterocycles. The Morgan fingerprint density at radius 3 is 1.97 bits per heavy atom. The van der Waals surface area contributed by atoms with Crippen molar-refractivity contribution in [2.24, 2.45) is 0 Å². The van der Waals surface area contributed by atoms with Gasteiger partial charge in [-0.3, -0.25) is 9.59 Å². The Hall–Kier alpha value is -3.01. The van der Waals surface area contributed by atoms with E-state index in [0.717, 1.165) is 12.1 Å². The highest BCUT2D eigenvalue weighted by Crippen LogP contribution is 2.29. The van der Waals surface area contributed by atoms with E-state index >= 15 is 0 Å². The number of aliphatic hydroxyl groups excluding tert-OH is 1. The molecule has 196 valence electrons. The Kier molecular flexibility index (Phi) is 10.4. The van der Waals surface area contributed by atoms with Gasteiger partial charge in [0, 0.05) is 15.7 Å². The number of benzene rings is 2. The van der Waals surface area contributed by atoms with Gasteiger partial charge in [-0.15, -0.1) is 13.2 Å². The van der Waals surface area contributed by atoms with Crippen molar-refractivity contribution in [3.63, 3.8) is 0 Å². The molecule has 0 bridgehead atoms. The first-order chi connectivity index (χ1) is 16.8. The summed E-state index contributed by atoms with van der Waals surface area (Å²) < 4.78 is 82.8. The molecule has 0 spiro atoms. The van der Waals surface area contributed by atoms with Crippen LogP contribution < -0.4 is 20.1 Å². The normalized spacial score (nSPS) is 12.4. The van der Waals surface area contributed by atoms with Crippen LogP contribution in [-0.2, 0) is 4.79 Å². The Balaban J connectivity index is 2.22. The van der Waals surface area contributed by atoms with Crippen molar-refractivity contribution in [3.8, 4) is 11.5 Å². The van der Waals surface area contributed by atoms with Crippen molar-refractivity contribution in [1.82, 2.24) is 10.6 Å². The molecule has 0 aliphatic rings. The summed E-state index contributed by atoms with van der Waals surface area (Å²) in [4.78, 5) is 25.3. The number of hydrogen-bond acceptors (Lipinski definition) is 5. The molecule has 2 aromatic carbocycles. The summed E-state index contributed by atoms with van der Waals surface area (Å²) >= 11 is 1.72. The maximum absolute atomic E-state index is 12.7. The average Bonchev–Trinajstić information content (AvgIpc) is 2.79. The van der Waals surface area contributed by atoms with Gasteiger partial charge in [-0.25, -0.2) is 0 Å². The van der Waals surface area contributed by atoms with Crippen molar-refractivity contribution in [2.75, 3.05) is 19.8 Å². The van der Waals surface area contributed by atoms with Gasteiger partial charge in [-0.2, -0.15) is 13.2 Å². The summed E-state index contributed by atoms with van der Waals surface area (Å²) in [5, 5.41) is 13.8. The molecule has 14 heteroatoms. The molecule has 0 radical (unpaired) electrons. The lowest BCUT2D eigenvalue weighted by atomic mass is 10.1. The first-order valence-corrected chi connectivity index (χ1v) is 11.1. The number of carbonyl (C=O) groups excluding carboxylic acids is 2. The fraction of sp³-hybridized carbons (Fsp3) is 0.273. The second-order valence-corrected chi connectivity index (χ2v) is 8.01. The maximum atomic E-state index is 12.7. The summed E-state index contributed by atoms with van der Waals surface area (Å²) in [6.07, 6.45) is -10.4. The fourth-order valence-corrected chi connectivity index (χ4v) is 3.33. The topological polar surface area (TPSA) is 96.9 Å². The summed E-state index contributed by atoms with van der Waals surface area (Å²) in [5.74, 6) is -1.91. The number of hydrogen-bond donors (Lipinski definition) is 3. The molecular formula is C22H19F6IN2O5. The van der Waals surface area contributed by atoms with E-state index in [2.05, 4.69) is 15.4 Å². The Morgan fingerprint density at radius 2 is 1.44 bits per heavy atom. The van der Waals surface area contributed by atoms with E-state index in [1.807, 2.05) is 0 Å². The number of alkyl halides is 6. The molecule has 0 aliphatic carbocycles. The predicted molar refractivity (Wildman–Crippen MR) is 124 cm³/mol. The molecule has 0 saturated heterocycles. The molecule has 2 amide bonds. The highest BCUT2D eigenvalue weighted by atomic mass is 127. The summed E-state index contributed by atoms with van der Waals surface area (Å²) in [7, 11) is 0. The van der Waals surface area contributed by atoms with Gasteiger partial charge in [0.25, 0.3) is 11.8 Å². The van der Waals surface area contributed by atoms with Crippen LogP contribution in [0.5, 0.6) is 11.5 Å².